The van der Waals surface area contributed by atoms with Crippen LogP contribution in [0.4, 0.5) is 0 Å². The van der Waals surface area contributed by atoms with E-state index >= 15 is 0 Å². The molecular formula is C20H27NO4. The van der Waals surface area contributed by atoms with Gasteiger partial charge in [0.1, 0.15) is 6.61 Å². The van der Waals surface area contributed by atoms with E-state index in [0.29, 0.717) is 49.4 Å². The summed E-state index contributed by atoms with van der Waals surface area (Å²) < 4.78 is 16.6. The van der Waals surface area contributed by atoms with E-state index in [4.69, 9.17) is 20.6 Å². The lowest BCUT2D eigenvalue weighted by Gasteiger charge is -2.32. The second-order valence-electron chi connectivity index (χ2n) is 5.98. The molecule has 0 bridgehead atoms. The number of hydrogen-bond acceptors (Lipinski definition) is 4. The second-order valence-corrected chi connectivity index (χ2v) is 5.98. The highest BCUT2D eigenvalue weighted by atomic mass is 16.5. The van der Waals surface area contributed by atoms with Gasteiger partial charge in [-0.25, -0.2) is 0 Å². The molecule has 0 aliphatic carbocycles. The average Bonchev–Trinajstić information content (AvgIpc) is 2.64. The van der Waals surface area contributed by atoms with Crippen molar-refractivity contribution >= 4 is 5.91 Å². The molecular weight excluding hydrogens is 318 g/mol. The lowest BCUT2D eigenvalue weighted by atomic mass is 9.97. The van der Waals surface area contributed by atoms with Crippen molar-refractivity contribution in [3.8, 4) is 23.8 Å². The molecule has 1 aliphatic heterocycles. The van der Waals surface area contributed by atoms with E-state index in [1.807, 2.05) is 24.8 Å². The fourth-order valence-corrected chi connectivity index (χ4v) is 2.95. The molecule has 2 rings (SSSR count). The van der Waals surface area contributed by atoms with Gasteiger partial charge in [-0.1, -0.05) is 5.92 Å². The average molecular weight is 345 g/mol. The molecule has 0 saturated carbocycles. The lowest BCUT2D eigenvalue weighted by molar-refractivity contribution is 0.0581. The van der Waals surface area contributed by atoms with E-state index in [0.717, 1.165) is 25.9 Å². The highest BCUT2D eigenvalue weighted by Gasteiger charge is 2.24. The number of carbonyl (C=O) groups excluding carboxylic acids is 1. The number of carbonyl (C=O) groups is 1. The van der Waals surface area contributed by atoms with Gasteiger partial charge < -0.3 is 19.1 Å². The molecule has 25 heavy (non-hydrogen) atoms. The molecule has 1 fully saturated rings. The van der Waals surface area contributed by atoms with Gasteiger partial charge in [-0.05, 0) is 50.8 Å². The Morgan fingerprint density at radius 3 is 2.52 bits per heavy atom. The van der Waals surface area contributed by atoms with Crippen molar-refractivity contribution in [1.82, 2.24) is 4.90 Å². The summed E-state index contributed by atoms with van der Waals surface area (Å²) in [6.07, 6.45) is 7.06. The Hall–Kier alpha value is -2.19. The van der Waals surface area contributed by atoms with Crippen molar-refractivity contribution in [2.24, 2.45) is 5.92 Å². The van der Waals surface area contributed by atoms with Crippen LogP contribution in [0.5, 0.6) is 11.5 Å². The van der Waals surface area contributed by atoms with Crippen LogP contribution in [0, 0.1) is 18.3 Å². The van der Waals surface area contributed by atoms with E-state index in [1.54, 1.807) is 12.1 Å². The smallest absolute Gasteiger partial charge is 0.253 e. The maximum atomic E-state index is 12.8. The zero-order valence-corrected chi connectivity index (χ0v) is 15.1. The molecule has 0 N–H and O–H groups in total. The number of nitrogens with zero attached hydrogens (tertiary/aromatic N) is 1. The SMILES string of the molecule is C#CCOCC1CCN(C(=O)c2ccc(OCC)c(OCC)c2)CC1. The second kappa shape index (κ2) is 9.95. The molecule has 0 unspecified atom stereocenters. The van der Waals surface area contributed by atoms with Gasteiger partial charge >= 0.3 is 0 Å². The highest BCUT2D eigenvalue weighted by molar-refractivity contribution is 5.95. The Morgan fingerprint density at radius 1 is 1.20 bits per heavy atom. The first-order valence-electron chi connectivity index (χ1n) is 8.89. The van der Waals surface area contributed by atoms with Crippen molar-refractivity contribution in [2.45, 2.75) is 26.7 Å². The summed E-state index contributed by atoms with van der Waals surface area (Å²) in [5, 5.41) is 0. The molecule has 5 heteroatoms. The standard InChI is InChI=1S/C20H27NO4/c1-4-13-23-15-16-9-11-21(12-10-16)20(22)17-7-8-18(24-5-2)19(14-17)25-6-3/h1,7-8,14,16H,5-6,9-13,15H2,2-3H3. The first-order chi connectivity index (χ1) is 12.2. The summed E-state index contributed by atoms with van der Waals surface area (Å²) in [5.74, 6) is 4.27. The molecule has 0 atom stereocenters. The van der Waals surface area contributed by atoms with Crippen LogP contribution in [0.3, 0.4) is 0 Å². The monoisotopic (exact) mass is 345 g/mol. The third-order valence-electron chi connectivity index (χ3n) is 4.23. The first kappa shape index (κ1) is 19.1. The summed E-state index contributed by atoms with van der Waals surface area (Å²) in [6.45, 7) is 7.42. The topological polar surface area (TPSA) is 48.0 Å². The Morgan fingerprint density at radius 2 is 1.88 bits per heavy atom. The zero-order valence-electron chi connectivity index (χ0n) is 15.1. The molecule has 0 radical (unpaired) electrons. The number of amides is 1. The minimum Gasteiger partial charge on any atom is -0.490 e. The summed E-state index contributed by atoms with van der Waals surface area (Å²) >= 11 is 0. The van der Waals surface area contributed by atoms with Crippen LogP contribution >= 0.6 is 0 Å². The normalized spacial score (nSPS) is 14.8. The number of terminal acetylenes is 1. The quantitative estimate of drug-likeness (QED) is 0.537. The summed E-state index contributed by atoms with van der Waals surface area (Å²) in [7, 11) is 0. The largest absolute Gasteiger partial charge is 0.490 e. The van der Waals surface area contributed by atoms with Crippen LogP contribution < -0.4 is 9.47 Å². The number of piperidine rings is 1. The molecule has 5 nitrogen and oxygen atoms in total. The van der Waals surface area contributed by atoms with Crippen molar-refractivity contribution in [1.29, 1.82) is 0 Å². The van der Waals surface area contributed by atoms with Crippen molar-refractivity contribution in [3.05, 3.63) is 23.8 Å². The molecule has 1 heterocycles. The molecule has 1 aromatic carbocycles. The van der Waals surface area contributed by atoms with Gasteiger partial charge in [0, 0.05) is 18.7 Å². The predicted molar refractivity (Wildman–Crippen MR) is 97.1 cm³/mol. The molecule has 0 aromatic heterocycles. The van der Waals surface area contributed by atoms with E-state index in [1.165, 1.54) is 0 Å². The fourth-order valence-electron chi connectivity index (χ4n) is 2.95. The molecule has 0 spiro atoms. The minimum atomic E-state index is 0.0343. The van der Waals surface area contributed by atoms with Crippen LogP contribution in [0.15, 0.2) is 18.2 Å². The summed E-state index contributed by atoms with van der Waals surface area (Å²) in [5.41, 5.74) is 0.633. The Balaban J connectivity index is 1.96. The molecule has 1 aromatic rings. The maximum absolute atomic E-state index is 12.8. The molecule has 1 amide bonds. The van der Waals surface area contributed by atoms with Gasteiger partial charge in [0.15, 0.2) is 11.5 Å². The van der Waals surface area contributed by atoms with Crippen LogP contribution in [0.2, 0.25) is 0 Å². The molecule has 1 aliphatic rings. The van der Waals surface area contributed by atoms with Crippen molar-refractivity contribution < 1.29 is 19.0 Å². The van der Waals surface area contributed by atoms with Gasteiger partial charge in [0.2, 0.25) is 0 Å². The Bertz CT molecular complexity index is 600. The van der Waals surface area contributed by atoms with Crippen molar-refractivity contribution in [3.63, 3.8) is 0 Å². The van der Waals surface area contributed by atoms with Gasteiger partial charge in [-0.2, -0.15) is 0 Å². The zero-order chi connectivity index (χ0) is 18.1. The number of benzene rings is 1. The maximum Gasteiger partial charge on any atom is 0.253 e. The molecule has 136 valence electrons. The van der Waals surface area contributed by atoms with Crippen molar-refractivity contribution in [2.75, 3.05) is 39.5 Å². The highest BCUT2D eigenvalue weighted by Crippen LogP contribution is 2.29. The fraction of sp³-hybridized carbons (Fsp3) is 0.550. The van der Waals surface area contributed by atoms with E-state index in [9.17, 15) is 4.79 Å². The van der Waals surface area contributed by atoms with Gasteiger partial charge in [-0.3, -0.25) is 4.79 Å². The number of ether oxygens (including phenoxy) is 3. The van der Waals surface area contributed by atoms with Crippen LogP contribution in [0.1, 0.15) is 37.0 Å². The summed E-state index contributed by atoms with van der Waals surface area (Å²) in [6, 6.07) is 5.39. The number of rotatable bonds is 8. The van der Waals surface area contributed by atoms with E-state index in [2.05, 4.69) is 5.92 Å². The predicted octanol–water partition coefficient (Wildman–Crippen LogP) is 2.99. The minimum absolute atomic E-state index is 0.0343. The van der Waals surface area contributed by atoms with E-state index in [-0.39, 0.29) is 5.91 Å². The summed E-state index contributed by atoms with van der Waals surface area (Å²) in [4.78, 5) is 14.7. The van der Waals surface area contributed by atoms with Crippen LogP contribution in [0.25, 0.3) is 0 Å². The van der Waals surface area contributed by atoms with Gasteiger partial charge in [0.05, 0.1) is 19.8 Å². The Kier molecular flexibility index (Phi) is 7.62. The number of hydrogen-bond donors (Lipinski definition) is 0. The number of likely N-dealkylation sites (tertiary alicyclic amines) is 1. The third-order valence-corrected chi connectivity index (χ3v) is 4.23. The van der Waals surface area contributed by atoms with Crippen LogP contribution in [-0.2, 0) is 4.74 Å². The van der Waals surface area contributed by atoms with Gasteiger partial charge in [-0.15, -0.1) is 6.42 Å². The Labute approximate surface area is 150 Å². The van der Waals surface area contributed by atoms with Gasteiger partial charge in [0.25, 0.3) is 5.91 Å². The van der Waals surface area contributed by atoms with Crippen LogP contribution in [-0.4, -0.2) is 50.3 Å². The van der Waals surface area contributed by atoms with E-state index < -0.39 is 0 Å². The first-order valence-corrected chi connectivity index (χ1v) is 8.89. The lowest BCUT2D eigenvalue weighted by Crippen LogP contribution is -2.39. The third kappa shape index (κ3) is 5.40. The molecule has 1 saturated heterocycles.